The van der Waals surface area contributed by atoms with E-state index in [1.54, 1.807) is 0 Å². The number of esters is 2. The highest BCUT2D eigenvalue weighted by Gasteiger charge is 2.48. The maximum atomic E-state index is 12.0. The number of carbonyl (C=O) groups is 2. The number of hydrogen-bond acceptors (Lipinski definition) is 4. The van der Waals surface area contributed by atoms with E-state index in [-0.39, 0.29) is 17.4 Å². The summed E-state index contributed by atoms with van der Waals surface area (Å²) in [6.45, 7) is 4.46. The van der Waals surface area contributed by atoms with Gasteiger partial charge in [0.1, 0.15) is 0 Å². The van der Waals surface area contributed by atoms with Gasteiger partial charge in [-0.3, -0.25) is 9.59 Å². The summed E-state index contributed by atoms with van der Waals surface area (Å²) in [7, 11) is 0. The molecule has 2 atom stereocenters. The summed E-state index contributed by atoms with van der Waals surface area (Å²) in [6, 6.07) is 0. The molecule has 0 aromatic carbocycles. The molecular weight excluding hydrogens is 268 g/mol. The van der Waals surface area contributed by atoms with Crippen molar-refractivity contribution in [2.24, 2.45) is 17.3 Å². The maximum Gasteiger partial charge on any atom is 0.306 e. The first-order valence-electron chi connectivity index (χ1n) is 8.40. The Balaban J connectivity index is 2.06. The van der Waals surface area contributed by atoms with Crippen molar-refractivity contribution < 1.29 is 19.1 Å². The molecule has 0 spiro atoms. The molecule has 0 aromatic heterocycles. The topological polar surface area (TPSA) is 52.6 Å². The van der Waals surface area contributed by atoms with Crippen molar-refractivity contribution in [3.05, 3.63) is 0 Å². The minimum atomic E-state index is -0.224. The number of rotatable bonds is 6. The third kappa shape index (κ3) is 4.21. The van der Waals surface area contributed by atoms with Gasteiger partial charge >= 0.3 is 11.9 Å². The Morgan fingerprint density at radius 1 is 0.905 bits per heavy atom. The van der Waals surface area contributed by atoms with Crippen LogP contribution in [0.25, 0.3) is 0 Å². The van der Waals surface area contributed by atoms with Crippen LogP contribution in [0, 0.1) is 17.3 Å². The molecule has 2 saturated carbocycles. The van der Waals surface area contributed by atoms with E-state index in [0.717, 1.165) is 12.8 Å². The minimum Gasteiger partial charge on any atom is -0.466 e. The van der Waals surface area contributed by atoms with Gasteiger partial charge in [0.25, 0.3) is 0 Å². The van der Waals surface area contributed by atoms with Crippen LogP contribution < -0.4 is 0 Å². The van der Waals surface area contributed by atoms with Crippen LogP contribution >= 0.6 is 0 Å². The van der Waals surface area contributed by atoms with Crippen LogP contribution in [0.15, 0.2) is 0 Å². The fourth-order valence-corrected chi connectivity index (χ4v) is 4.41. The summed E-state index contributed by atoms with van der Waals surface area (Å²) in [5.41, 5.74) is -0.224. The van der Waals surface area contributed by atoms with Gasteiger partial charge in [-0.1, -0.05) is 25.7 Å². The molecule has 2 rings (SSSR count). The van der Waals surface area contributed by atoms with E-state index in [1.165, 1.54) is 25.7 Å². The molecule has 4 heteroatoms. The van der Waals surface area contributed by atoms with Crippen molar-refractivity contribution in [1.29, 1.82) is 0 Å². The smallest absolute Gasteiger partial charge is 0.306 e. The van der Waals surface area contributed by atoms with Crippen molar-refractivity contribution in [2.75, 3.05) is 13.2 Å². The van der Waals surface area contributed by atoms with Crippen molar-refractivity contribution in [2.45, 2.75) is 65.2 Å². The minimum absolute atomic E-state index is 0.166. The molecule has 2 aliphatic carbocycles. The summed E-state index contributed by atoms with van der Waals surface area (Å²) in [5, 5.41) is 0. The lowest BCUT2D eigenvalue weighted by Crippen LogP contribution is -2.27. The Morgan fingerprint density at radius 3 is 1.71 bits per heavy atom. The van der Waals surface area contributed by atoms with Gasteiger partial charge in [0, 0.05) is 0 Å². The number of fused-ring (bicyclic) bond motifs is 1. The number of ether oxygens (including phenoxy) is 2. The van der Waals surface area contributed by atoms with Crippen LogP contribution in [-0.4, -0.2) is 25.2 Å². The fraction of sp³-hybridized carbons (Fsp3) is 0.882. The molecule has 0 heterocycles. The van der Waals surface area contributed by atoms with E-state index in [4.69, 9.17) is 9.47 Å². The van der Waals surface area contributed by atoms with Gasteiger partial charge in [-0.25, -0.2) is 0 Å². The molecule has 0 amide bonds. The second-order valence-corrected chi connectivity index (χ2v) is 6.68. The van der Waals surface area contributed by atoms with E-state index < -0.39 is 0 Å². The van der Waals surface area contributed by atoms with Gasteiger partial charge in [0.05, 0.1) is 26.1 Å². The predicted octanol–water partition coefficient (Wildman–Crippen LogP) is 3.48. The van der Waals surface area contributed by atoms with Crippen LogP contribution in [-0.2, 0) is 19.1 Å². The highest BCUT2D eigenvalue weighted by molar-refractivity contribution is 5.74. The van der Waals surface area contributed by atoms with Crippen LogP contribution in [0.4, 0.5) is 0 Å². The Morgan fingerprint density at radius 2 is 1.33 bits per heavy atom. The van der Waals surface area contributed by atoms with Gasteiger partial charge in [0.2, 0.25) is 0 Å². The average Bonchev–Trinajstić information content (AvgIpc) is 2.76. The summed E-state index contributed by atoms with van der Waals surface area (Å²) >= 11 is 0. The molecule has 0 saturated heterocycles. The van der Waals surface area contributed by atoms with E-state index in [0.29, 0.717) is 37.9 Å². The fourth-order valence-electron chi connectivity index (χ4n) is 4.41. The molecule has 0 aliphatic heterocycles. The van der Waals surface area contributed by atoms with Gasteiger partial charge in [0.15, 0.2) is 0 Å². The van der Waals surface area contributed by atoms with Gasteiger partial charge in [-0.05, 0) is 43.9 Å². The lowest BCUT2D eigenvalue weighted by atomic mass is 9.78. The second-order valence-electron chi connectivity index (χ2n) is 6.68. The molecule has 0 N–H and O–H groups in total. The maximum absolute atomic E-state index is 12.0. The highest BCUT2D eigenvalue weighted by atomic mass is 16.5. The van der Waals surface area contributed by atoms with Gasteiger partial charge in [-0.15, -0.1) is 0 Å². The summed E-state index contributed by atoms with van der Waals surface area (Å²) < 4.78 is 10.3. The molecule has 21 heavy (non-hydrogen) atoms. The van der Waals surface area contributed by atoms with Crippen LogP contribution in [0.5, 0.6) is 0 Å². The molecule has 120 valence electrons. The Kier molecular flexibility index (Phi) is 5.65. The lowest BCUT2D eigenvalue weighted by molar-refractivity contribution is -0.150. The monoisotopic (exact) mass is 296 g/mol. The van der Waals surface area contributed by atoms with E-state index >= 15 is 0 Å². The van der Waals surface area contributed by atoms with Crippen molar-refractivity contribution in [3.63, 3.8) is 0 Å². The van der Waals surface area contributed by atoms with Crippen molar-refractivity contribution in [1.82, 2.24) is 0 Å². The van der Waals surface area contributed by atoms with Gasteiger partial charge in [-0.2, -0.15) is 0 Å². The molecular formula is C17H28O4. The normalized spacial score (nSPS) is 27.0. The Hall–Kier alpha value is -1.06. The van der Waals surface area contributed by atoms with Crippen LogP contribution in [0.3, 0.4) is 0 Å². The molecule has 4 nitrogen and oxygen atoms in total. The van der Waals surface area contributed by atoms with Crippen molar-refractivity contribution in [3.8, 4) is 0 Å². The Bertz CT molecular complexity index is 341. The predicted molar refractivity (Wildman–Crippen MR) is 79.6 cm³/mol. The molecule has 0 aromatic rings. The summed E-state index contributed by atoms with van der Waals surface area (Å²) in [6.07, 6.45) is 7.77. The molecule has 2 aliphatic rings. The first kappa shape index (κ1) is 16.3. The zero-order valence-electron chi connectivity index (χ0n) is 13.4. The third-order valence-corrected chi connectivity index (χ3v) is 5.11. The Labute approximate surface area is 127 Å². The standard InChI is InChI=1S/C17H28O4/c1-3-20-15(18)11-17(12-16(19)21-4-2)9-13-7-5-6-8-14(13)10-17/h13-14H,3-12H2,1-2H3/t13-,14-/m1/s1. The first-order chi connectivity index (χ1) is 10.1. The molecule has 0 radical (unpaired) electrons. The number of hydrogen-bond donors (Lipinski definition) is 0. The van der Waals surface area contributed by atoms with E-state index in [2.05, 4.69) is 0 Å². The SMILES string of the molecule is CCOC(=O)CC1(CC(=O)OCC)C[C@H]2CCCC[C@@H]2C1. The third-order valence-electron chi connectivity index (χ3n) is 5.11. The van der Waals surface area contributed by atoms with Crippen LogP contribution in [0.2, 0.25) is 0 Å². The zero-order valence-corrected chi connectivity index (χ0v) is 13.4. The molecule has 0 bridgehead atoms. The van der Waals surface area contributed by atoms with E-state index in [1.807, 2.05) is 13.8 Å². The van der Waals surface area contributed by atoms with Crippen LogP contribution in [0.1, 0.15) is 65.2 Å². The highest BCUT2D eigenvalue weighted by Crippen LogP contribution is 2.55. The zero-order chi connectivity index (χ0) is 15.3. The second kappa shape index (κ2) is 7.28. The first-order valence-corrected chi connectivity index (χ1v) is 8.40. The average molecular weight is 296 g/mol. The quantitative estimate of drug-likeness (QED) is 0.704. The van der Waals surface area contributed by atoms with Gasteiger partial charge < -0.3 is 9.47 Å². The lowest BCUT2D eigenvalue weighted by Gasteiger charge is -2.27. The molecule has 0 unspecified atom stereocenters. The summed E-state index contributed by atoms with van der Waals surface area (Å²) in [4.78, 5) is 23.9. The number of carbonyl (C=O) groups excluding carboxylic acids is 2. The summed E-state index contributed by atoms with van der Waals surface area (Å²) in [5.74, 6) is 1.03. The largest absolute Gasteiger partial charge is 0.466 e. The van der Waals surface area contributed by atoms with Crippen molar-refractivity contribution >= 4 is 11.9 Å². The van der Waals surface area contributed by atoms with E-state index in [9.17, 15) is 9.59 Å². The molecule has 2 fully saturated rings.